The highest BCUT2D eigenvalue weighted by atomic mass is 14.9. The Kier molecular flexibility index (Phi) is 3.33. The number of rotatable bonds is 3. The van der Waals surface area contributed by atoms with Gasteiger partial charge in [0, 0.05) is 6.04 Å². The van der Waals surface area contributed by atoms with Gasteiger partial charge in [-0.3, -0.25) is 0 Å². The molecule has 1 aliphatic heterocycles. The number of benzene rings is 2. The number of hydrogen-bond donors (Lipinski definition) is 1. The lowest BCUT2D eigenvalue weighted by molar-refractivity contribution is 0.559. The first-order chi connectivity index (χ1) is 8.81. The average Bonchev–Trinajstić information content (AvgIpc) is 2.89. The molecule has 0 amide bonds. The molecule has 1 saturated heterocycles. The van der Waals surface area contributed by atoms with Gasteiger partial charge in [-0.25, -0.2) is 0 Å². The van der Waals surface area contributed by atoms with Crippen molar-refractivity contribution >= 4 is 10.8 Å². The maximum Gasteiger partial charge on any atom is 0.00707 e. The first-order valence-corrected chi connectivity index (χ1v) is 7.04. The highest BCUT2D eigenvalue weighted by Crippen LogP contribution is 2.19. The fourth-order valence-electron chi connectivity index (χ4n) is 2.91. The van der Waals surface area contributed by atoms with E-state index in [1.807, 2.05) is 0 Å². The van der Waals surface area contributed by atoms with Gasteiger partial charge in [0.25, 0.3) is 0 Å². The Bertz CT molecular complexity index is 538. The van der Waals surface area contributed by atoms with Crippen LogP contribution < -0.4 is 5.32 Å². The van der Waals surface area contributed by atoms with Crippen LogP contribution in [0.4, 0.5) is 0 Å². The molecule has 0 spiro atoms. The molecule has 1 heterocycles. The van der Waals surface area contributed by atoms with Crippen molar-refractivity contribution in [2.24, 2.45) is 0 Å². The third-order valence-corrected chi connectivity index (χ3v) is 4.00. The van der Waals surface area contributed by atoms with Gasteiger partial charge in [-0.05, 0) is 55.5 Å². The number of aryl methyl sites for hydroxylation is 2. The molecule has 3 rings (SSSR count). The quantitative estimate of drug-likeness (QED) is 0.858. The molecule has 0 radical (unpaired) electrons. The summed E-state index contributed by atoms with van der Waals surface area (Å²) in [6, 6.07) is 14.4. The molecule has 1 fully saturated rings. The molecular formula is C17H21N. The summed E-state index contributed by atoms with van der Waals surface area (Å²) in [5, 5.41) is 6.30. The first-order valence-electron chi connectivity index (χ1n) is 7.04. The molecule has 0 bridgehead atoms. The predicted molar refractivity (Wildman–Crippen MR) is 78.0 cm³/mol. The zero-order chi connectivity index (χ0) is 12.4. The Morgan fingerprint density at radius 3 is 2.78 bits per heavy atom. The van der Waals surface area contributed by atoms with Crippen LogP contribution in [0.15, 0.2) is 36.4 Å². The second-order valence-electron chi connectivity index (χ2n) is 5.52. The van der Waals surface area contributed by atoms with Crippen molar-refractivity contribution in [1.29, 1.82) is 0 Å². The summed E-state index contributed by atoms with van der Waals surface area (Å²) < 4.78 is 0. The molecule has 1 unspecified atom stereocenters. The first kappa shape index (κ1) is 11.7. The lowest BCUT2D eigenvalue weighted by Gasteiger charge is -2.10. The summed E-state index contributed by atoms with van der Waals surface area (Å²) in [4.78, 5) is 0. The van der Waals surface area contributed by atoms with Gasteiger partial charge in [0.05, 0.1) is 0 Å². The molecule has 1 aliphatic rings. The van der Waals surface area contributed by atoms with Crippen LogP contribution in [0.2, 0.25) is 0 Å². The van der Waals surface area contributed by atoms with E-state index in [1.165, 1.54) is 54.1 Å². The topological polar surface area (TPSA) is 12.0 Å². The summed E-state index contributed by atoms with van der Waals surface area (Å²) in [5.41, 5.74) is 2.81. The Hall–Kier alpha value is -1.34. The van der Waals surface area contributed by atoms with E-state index >= 15 is 0 Å². The van der Waals surface area contributed by atoms with E-state index in [2.05, 4.69) is 48.6 Å². The monoisotopic (exact) mass is 239 g/mol. The normalized spacial score (nSPS) is 19.5. The lowest BCUT2D eigenvalue weighted by Crippen LogP contribution is -2.21. The van der Waals surface area contributed by atoms with Crippen molar-refractivity contribution in [2.45, 2.75) is 38.6 Å². The fraction of sp³-hybridized carbons (Fsp3) is 0.412. The maximum atomic E-state index is 3.57. The molecule has 2 aromatic carbocycles. The number of hydrogen-bond acceptors (Lipinski definition) is 1. The number of fused-ring (bicyclic) bond motifs is 1. The third kappa shape index (κ3) is 2.56. The molecule has 0 saturated carbocycles. The van der Waals surface area contributed by atoms with Crippen molar-refractivity contribution in [1.82, 2.24) is 5.32 Å². The van der Waals surface area contributed by atoms with Crippen molar-refractivity contribution in [3.8, 4) is 0 Å². The van der Waals surface area contributed by atoms with E-state index in [9.17, 15) is 0 Å². The summed E-state index contributed by atoms with van der Waals surface area (Å²) in [6.45, 7) is 3.36. The standard InChI is InChI=1S/C17H21N/c1-13-4-7-16-12-14(5-8-15(16)11-13)6-9-17-3-2-10-18-17/h4-5,7-8,11-12,17-18H,2-3,6,9-10H2,1H3. The van der Waals surface area contributed by atoms with Gasteiger partial charge >= 0.3 is 0 Å². The van der Waals surface area contributed by atoms with Crippen LogP contribution in [0.5, 0.6) is 0 Å². The molecule has 0 aliphatic carbocycles. The minimum absolute atomic E-state index is 0.749. The summed E-state index contributed by atoms with van der Waals surface area (Å²) in [6.07, 6.45) is 5.17. The molecule has 94 valence electrons. The molecule has 1 N–H and O–H groups in total. The van der Waals surface area contributed by atoms with Crippen LogP contribution in [-0.2, 0) is 6.42 Å². The van der Waals surface area contributed by atoms with Crippen molar-refractivity contribution in [2.75, 3.05) is 6.54 Å². The van der Waals surface area contributed by atoms with E-state index < -0.39 is 0 Å². The fourth-order valence-corrected chi connectivity index (χ4v) is 2.91. The predicted octanol–water partition coefficient (Wildman–Crippen LogP) is 3.83. The Morgan fingerprint density at radius 1 is 1.11 bits per heavy atom. The lowest BCUT2D eigenvalue weighted by atomic mass is 10.00. The minimum Gasteiger partial charge on any atom is -0.314 e. The van der Waals surface area contributed by atoms with Crippen molar-refractivity contribution < 1.29 is 0 Å². The van der Waals surface area contributed by atoms with Crippen LogP contribution in [-0.4, -0.2) is 12.6 Å². The Morgan fingerprint density at radius 2 is 1.94 bits per heavy atom. The molecule has 1 atom stereocenters. The van der Waals surface area contributed by atoms with E-state index in [0.717, 1.165) is 6.04 Å². The SMILES string of the molecule is Cc1ccc2cc(CCC3CCCN3)ccc2c1. The highest BCUT2D eigenvalue weighted by molar-refractivity contribution is 5.83. The largest absolute Gasteiger partial charge is 0.314 e. The smallest absolute Gasteiger partial charge is 0.00707 e. The summed E-state index contributed by atoms with van der Waals surface area (Å²) in [7, 11) is 0. The van der Waals surface area contributed by atoms with E-state index in [0.29, 0.717) is 0 Å². The third-order valence-electron chi connectivity index (χ3n) is 4.00. The molecule has 1 nitrogen and oxygen atoms in total. The maximum absolute atomic E-state index is 3.57. The zero-order valence-electron chi connectivity index (χ0n) is 11.1. The van der Waals surface area contributed by atoms with Gasteiger partial charge < -0.3 is 5.32 Å². The van der Waals surface area contributed by atoms with Crippen LogP contribution >= 0.6 is 0 Å². The van der Waals surface area contributed by atoms with Gasteiger partial charge in [0.1, 0.15) is 0 Å². The van der Waals surface area contributed by atoms with E-state index in [4.69, 9.17) is 0 Å². The highest BCUT2D eigenvalue weighted by Gasteiger charge is 2.13. The summed E-state index contributed by atoms with van der Waals surface area (Å²) >= 11 is 0. The minimum atomic E-state index is 0.749. The number of nitrogens with one attached hydrogen (secondary N) is 1. The van der Waals surface area contributed by atoms with Gasteiger partial charge in [0.2, 0.25) is 0 Å². The van der Waals surface area contributed by atoms with Gasteiger partial charge in [-0.1, -0.05) is 42.0 Å². The van der Waals surface area contributed by atoms with Crippen molar-refractivity contribution in [3.05, 3.63) is 47.5 Å². The second kappa shape index (κ2) is 5.11. The molecule has 1 heteroatoms. The zero-order valence-corrected chi connectivity index (χ0v) is 11.1. The van der Waals surface area contributed by atoms with Gasteiger partial charge in [0.15, 0.2) is 0 Å². The average molecular weight is 239 g/mol. The van der Waals surface area contributed by atoms with E-state index in [-0.39, 0.29) is 0 Å². The molecule has 0 aromatic heterocycles. The Balaban J connectivity index is 1.74. The molecular weight excluding hydrogens is 218 g/mol. The Labute approximate surface area is 109 Å². The van der Waals surface area contributed by atoms with Crippen LogP contribution in [0.3, 0.4) is 0 Å². The van der Waals surface area contributed by atoms with Gasteiger partial charge in [-0.2, -0.15) is 0 Å². The summed E-state index contributed by atoms with van der Waals surface area (Å²) in [5.74, 6) is 0. The van der Waals surface area contributed by atoms with Crippen LogP contribution in [0, 0.1) is 6.92 Å². The van der Waals surface area contributed by atoms with E-state index in [1.54, 1.807) is 0 Å². The van der Waals surface area contributed by atoms with Crippen LogP contribution in [0.25, 0.3) is 10.8 Å². The van der Waals surface area contributed by atoms with Crippen LogP contribution in [0.1, 0.15) is 30.4 Å². The van der Waals surface area contributed by atoms with Gasteiger partial charge in [-0.15, -0.1) is 0 Å². The second-order valence-corrected chi connectivity index (χ2v) is 5.52. The molecule has 18 heavy (non-hydrogen) atoms. The molecule has 2 aromatic rings. The van der Waals surface area contributed by atoms with Crippen molar-refractivity contribution in [3.63, 3.8) is 0 Å².